The first-order chi connectivity index (χ1) is 15.4. The fourth-order valence-corrected chi connectivity index (χ4v) is 8.91. The Hall–Kier alpha value is -3.02. The molecule has 1 unspecified atom stereocenters. The van der Waals surface area contributed by atoms with Crippen molar-refractivity contribution in [3.8, 4) is 0 Å². The molecule has 2 heterocycles. The van der Waals surface area contributed by atoms with Crippen LogP contribution in [0.3, 0.4) is 0 Å². The molecule has 0 saturated heterocycles. The molecule has 1 atom stereocenters. The molecule has 4 rings (SSSR count). The molecule has 0 fully saturated rings. The summed E-state index contributed by atoms with van der Waals surface area (Å²) in [5.74, 6) is 0. The first-order valence-electron chi connectivity index (χ1n) is 10.9. The number of pyridine rings is 1. The lowest BCUT2D eigenvalue weighted by Crippen LogP contribution is -2.66. The van der Waals surface area contributed by atoms with Crippen LogP contribution >= 0.6 is 0 Å². The van der Waals surface area contributed by atoms with Gasteiger partial charge in [-0.05, 0) is 39.5 Å². The molecule has 163 valence electrons. The first kappa shape index (κ1) is 22.2. The molecule has 1 radical (unpaired) electrons. The largest absolute Gasteiger partial charge is 0.400 e. The molecule has 0 bridgehead atoms. The van der Waals surface area contributed by atoms with Gasteiger partial charge in [-0.25, -0.2) is 4.98 Å². The monoisotopic (exact) mass is 440 g/mol. The quantitative estimate of drug-likeness (QED) is 0.388. The number of rotatable bonds is 7. The second-order valence-corrected chi connectivity index (χ2v) is 13.4. The van der Waals surface area contributed by atoms with Crippen LogP contribution in [0.15, 0.2) is 97.8 Å². The van der Waals surface area contributed by atoms with Gasteiger partial charge in [0.15, 0.2) is 0 Å². The zero-order chi connectivity index (χ0) is 22.6. The third kappa shape index (κ3) is 4.45. The summed E-state index contributed by atoms with van der Waals surface area (Å²) in [4.78, 5) is 8.62. The zero-order valence-electron chi connectivity index (χ0n) is 19.0. The molecule has 4 nitrogen and oxygen atoms in total. The van der Waals surface area contributed by atoms with E-state index in [4.69, 9.17) is 4.43 Å². The van der Waals surface area contributed by atoms with E-state index in [1.54, 1.807) is 6.20 Å². The molecule has 0 aliphatic carbocycles. The number of benzene rings is 2. The van der Waals surface area contributed by atoms with Gasteiger partial charge in [-0.2, -0.15) is 0 Å². The minimum atomic E-state index is -2.68. The summed E-state index contributed by atoms with van der Waals surface area (Å²) < 4.78 is 9.15. The van der Waals surface area contributed by atoms with Crippen molar-refractivity contribution in [1.29, 1.82) is 0 Å². The van der Waals surface area contributed by atoms with Crippen LogP contribution < -0.4 is 10.4 Å². The van der Waals surface area contributed by atoms with E-state index in [1.165, 1.54) is 10.4 Å². The molecule has 0 aliphatic heterocycles. The maximum atomic E-state index is 7.12. The first-order valence-corrected chi connectivity index (χ1v) is 12.8. The van der Waals surface area contributed by atoms with Crippen molar-refractivity contribution in [2.24, 2.45) is 0 Å². The summed E-state index contributed by atoms with van der Waals surface area (Å²) in [6.45, 7) is 12.0. The molecule has 2 aromatic carbocycles. The summed E-state index contributed by atoms with van der Waals surface area (Å²) in [5.41, 5.74) is 2.08. The maximum absolute atomic E-state index is 7.12. The molecule has 0 aliphatic rings. The number of aromatic nitrogens is 3. The fraction of sp³-hybridized carbons (Fsp3) is 0.222. The Morgan fingerprint density at radius 3 is 2.09 bits per heavy atom. The summed E-state index contributed by atoms with van der Waals surface area (Å²) in [7, 11) is -2.68. The molecule has 0 spiro atoms. The predicted octanol–water partition coefficient (Wildman–Crippen LogP) is 4.78. The average Bonchev–Trinajstić information content (AvgIpc) is 3.31. The van der Waals surface area contributed by atoms with Crippen molar-refractivity contribution in [2.45, 2.75) is 38.5 Å². The second-order valence-electron chi connectivity index (χ2n) is 9.13. The van der Waals surface area contributed by atoms with Crippen molar-refractivity contribution in [1.82, 2.24) is 14.5 Å². The van der Waals surface area contributed by atoms with Gasteiger partial charge in [0.25, 0.3) is 8.32 Å². The minimum absolute atomic E-state index is 0.104. The lowest BCUT2D eigenvalue weighted by molar-refractivity contribution is 0.235. The summed E-state index contributed by atoms with van der Waals surface area (Å²) >= 11 is 0. The minimum Gasteiger partial charge on any atom is -0.400 e. The van der Waals surface area contributed by atoms with E-state index in [2.05, 4.69) is 104 Å². The van der Waals surface area contributed by atoms with Gasteiger partial charge in [-0.3, -0.25) is 4.98 Å². The molecule has 32 heavy (non-hydrogen) atoms. The van der Waals surface area contributed by atoms with E-state index < -0.39 is 8.32 Å². The van der Waals surface area contributed by atoms with Crippen molar-refractivity contribution >= 4 is 18.7 Å². The molecule has 5 heteroatoms. The highest BCUT2D eigenvalue weighted by Crippen LogP contribution is 2.39. The SMILES string of the molecule is [CH2]C(O[Si](c1ccccc1)(c1ccccc1)C(C)(C)C)c1cncc(Cn2ccnc2)c1. The van der Waals surface area contributed by atoms with Crippen molar-refractivity contribution in [3.63, 3.8) is 0 Å². The third-order valence-electron chi connectivity index (χ3n) is 5.85. The van der Waals surface area contributed by atoms with Crippen LogP contribution in [0.4, 0.5) is 0 Å². The standard InChI is InChI=1S/C27H30N3OSi/c1-22(24-17-23(18-29-19-24)20-30-16-15-28-21-30)31-32(27(2,3)4,25-11-7-5-8-12-25)26-13-9-6-10-14-26/h5-19,21-22H,1,20H2,2-4H3. The number of imidazole rings is 1. The van der Waals surface area contributed by atoms with Gasteiger partial charge in [0.05, 0.1) is 19.0 Å². The Balaban J connectivity index is 1.75. The molecular formula is C27H30N3OSi. The van der Waals surface area contributed by atoms with E-state index >= 15 is 0 Å². The van der Waals surface area contributed by atoms with E-state index in [-0.39, 0.29) is 11.1 Å². The molecule has 0 saturated carbocycles. The molecular weight excluding hydrogens is 410 g/mol. The number of hydrogen-bond donors (Lipinski definition) is 0. The van der Waals surface area contributed by atoms with Gasteiger partial charge in [0.2, 0.25) is 0 Å². The maximum Gasteiger partial charge on any atom is 0.261 e. The Labute approximate surface area is 192 Å². The Kier molecular flexibility index (Phi) is 6.40. The van der Waals surface area contributed by atoms with E-state index in [9.17, 15) is 0 Å². The lowest BCUT2D eigenvalue weighted by atomic mass is 10.1. The van der Waals surface area contributed by atoms with Gasteiger partial charge in [0.1, 0.15) is 0 Å². The topological polar surface area (TPSA) is 39.9 Å². The van der Waals surface area contributed by atoms with Crippen LogP contribution in [0.5, 0.6) is 0 Å². The lowest BCUT2D eigenvalue weighted by Gasteiger charge is -2.44. The van der Waals surface area contributed by atoms with Crippen LogP contribution in [0.25, 0.3) is 0 Å². The van der Waals surface area contributed by atoms with Crippen molar-refractivity contribution in [3.05, 3.63) is 116 Å². The zero-order valence-corrected chi connectivity index (χ0v) is 20.0. The van der Waals surface area contributed by atoms with Crippen LogP contribution in [0, 0.1) is 6.92 Å². The highest BCUT2D eigenvalue weighted by molar-refractivity contribution is 6.99. The van der Waals surface area contributed by atoms with Crippen molar-refractivity contribution < 1.29 is 4.43 Å². The molecule has 4 aromatic rings. The summed E-state index contributed by atoms with van der Waals surface area (Å²) in [6, 6.07) is 23.4. The molecule has 2 aromatic heterocycles. The Bertz CT molecular complexity index is 1080. The van der Waals surface area contributed by atoms with Crippen LogP contribution in [0.2, 0.25) is 5.04 Å². The van der Waals surface area contributed by atoms with Gasteiger partial charge in [0, 0.05) is 24.8 Å². The molecule has 0 amide bonds. The van der Waals surface area contributed by atoms with Gasteiger partial charge in [-0.15, -0.1) is 0 Å². The van der Waals surface area contributed by atoms with Gasteiger partial charge in [-0.1, -0.05) is 81.4 Å². The van der Waals surface area contributed by atoms with E-state index in [1.807, 2.05) is 29.5 Å². The van der Waals surface area contributed by atoms with Gasteiger partial charge < -0.3 is 8.99 Å². The average molecular weight is 441 g/mol. The van der Waals surface area contributed by atoms with Crippen molar-refractivity contribution in [2.75, 3.05) is 0 Å². The van der Waals surface area contributed by atoms with Crippen LogP contribution in [-0.2, 0) is 11.0 Å². The Morgan fingerprint density at radius 1 is 0.938 bits per heavy atom. The number of nitrogens with zero attached hydrogens (tertiary/aromatic N) is 3. The Morgan fingerprint density at radius 2 is 1.56 bits per heavy atom. The highest BCUT2D eigenvalue weighted by Gasteiger charge is 2.51. The number of hydrogen-bond acceptors (Lipinski definition) is 3. The van der Waals surface area contributed by atoms with E-state index in [0.717, 1.165) is 11.1 Å². The summed E-state index contributed by atoms with van der Waals surface area (Å²) in [6.07, 6.45) is 8.96. The van der Waals surface area contributed by atoms with Crippen LogP contribution in [-0.4, -0.2) is 22.9 Å². The summed E-state index contributed by atoms with van der Waals surface area (Å²) in [5, 5.41) is 2.39. The third-order valence-corrected chi connectivity index (χ3v) is 10.9. The molecule has 0 N–H and O–H groups in total. The normalized spacial score (nSPS) is 13.1. The van der Waals surface area contributed by atoms with Crippen LogP contribution in [0.1, 0.15) is 38.0 Å². The smallest absolute Gasteiger partial charge is 0.261 e. The second kappa shape index (κ2) is 9.23. The predicted molar refractivity (Wildman–Crippen MR) is 132 cm³/mol. The van der Waals surface area contributed by atoms with E-state index in [0.29, 0.717) is 6.54 Å². The fourth-order valence-electron chi connectivity index (χ4n) is 4.33. The van der Waals surface area contributed by atoms with Gasteiger partial charge >= 0.3 is 0 Å². The highest BCUT2D eigenvalue weighted by atomic mass is 28.4.